The first-order valence-corrected chi connectivity index (χ1v) is 5.85. The third kappa shape index (κ3) is 2.40. The summed E-state index contributed by atoms with van der Waals surface area (Å²) in [6.07, 6.45) is 2.27. The van der Waals surface area contributed by atoms with Crippen molar-refractivity contribution in [2.24, 2.45) is 5.73 Å². The highest BCUT2D eigenvalue weighted by Crippen LogP contribution is 2.23. The summed E-state index contributed by atoms with van der Waals surface area (Å²) in [5.74, 6) is 1.00. The van der Waals surface area contributed by atoms with Crippen molar-refractivity contribution in [3.8, 4) is 0 Å². The summed E-state index contributed by atoms with van der Waals surface area (Å²) in [6, 6.07) is 8.11. The average molecular weight is 243 g/mol. The zero-order chi connectivity index (χ0) is 13.1. The molecular weight excluding hydrogens is 226 g/mol. The van der Waals surface area contributed by atoms with Crippen molar-refractivity contribution in [1.29, 1.82) is 5.41 Å². The van der Waals surface area contributed by atoms with E-state index in [2.05, 4.69) is 10.2 Å². The quantitative estimate of drug-likeness (QED) is 0.633. The molecule has 0 spiro atoms. The molecule has 0 aliphatic heterocycles. The molecular formula is C13H17N5. The lowest BCUT2D eigenvalue weighted by Crippen LogP contribution is -2.33. The van der Waals surface area contributed by atoms with Crippen molar-refractivity contribution >= 4 is 22.4 Å². The van der Waals surface area contributed by atoms with Crippen LogP contribution in [0.2, 0.25) is 0 Å². The molecule has 94 valence electrons. The largest absolute Gasteiger partial charge is 0.388 e. The molecule has 18 heavy (non-hydrogen) atoms. The van der Waals surface area contributed by atoms with Gasteiger partial charge in [0.2, 0.25) is 0 Å². The van der Waals surface area contributed by atoms with Crippen molar-refractivity contribution in [2.45, 2.75) is 19.4 Å². The van der Waals surface area contributed by atoms with Crippen molar-refractivity contribution in [3.05, 3.63) is 30.5 Å². The second-order valence-electron chi connectivity index (χ2n) is 4.44. The fourth-order valence-corrected chi connectivity index (χ4v) is 1.94. The molecule has 5 heteroatoms. The second-order valence-corrected chi connectivity index (χ2v) is 4.44. The van der Waals surface area contributed by atoms with Crippen molar-refractivity contribution in [1.82, 2.24) is 10.2 Å². The standard InChI is InChI=1S/C13H17N5/c1-9(7-12(14)15)18(2)13-11-6-4-3-5-10(11)8-16-17-13/h3-6,8-9H,7H2,1-2H3,(H3,14,15). The third-order valence-corrected chi connectivity index (χ3v) is 3.06. The van der Waals surface area contributed by atoms with Gasteiger partial charge in [0.05, 0.1) is 12.0 Å². The van der Waals surface area contributed by atoms with Gasteiger partial charge < -0.3 is 10.6 Å². The van der Waals surface area contributed by atoms with E-state index in [1.165, 1.54) is 0 Å². The summed E-state index contributed by atoms with van der Waals surface area (Å²) in [5, 5.41) is 17.7. The molecule has 1 aromatic heterocycles. The molecule has 0 amide bonds. The Labute approximate surface area is 106 Å². The maximum Gasteiger partial charge on any atom is 0.159 e. The summed E-state index contributed by atoms with van der Waals surface area (Å²) >= 11 is 0. The molecule has 1 aromatic carbocycles. The van der Waals surface area contributed by atoms with Crippen molar-refractivity contribution < 1.29 is 0 Å². The van der Waals surface area contributed by atoms with E-state index in [9.17, 15) is 0 Å². The Hall–Kier alpha value is -2.17. The molecule has 0 radical (unpaired) electrons. The highest BCUT2D eigenvalue weighted by atomic mass is 15.3. The fourth-order valence-electron chi connectivity index (χ4n) is 1.94. The normalized spacial score (nSPS) is 12.3. The van der Waals surface area contributed by atoms with Gasteiger partial charge in [-0.2, -0.15) is 5.10 Å². The lowest BCUT2D eigenvalue weighted by molar-refractivity contribution is 0.697. The van der Waals surface area contributed by atoms with Crippen LogP contribution in [0.25, 0.3) is 10.8 Å². The number of amidine groups is 1. The minimum Gasteiger partial charge on any atom is -0.388 e. The van der Waals surface area contributed by atoms with Crippen molar-refractivity contribution in [3.63, 3.8) is 0 Å². The van der Waals surface area contributed by atoms with Crippen LogP contribution in [0.15, 0.2) is 30.5 Å². The van der Waals surface area contributed by atoms with E-state index in [1.54, 1.807) is 6.20 Å². The van der Waals surface area contributed by atoms with Gasteiger partial charge in [-0.25, -0.2) is 0 Å². The fraction of sp³-hybridized carbons (Fsp3) is 0.308. The summed E-state index contributed by atoms with van der Waals surface area (Å²) in [4.78, 5) is 2.01. The van der Waals surface area contributed by atoms with Crippen LogP contribution in [0.4, 0.5) is 5.82 Å². The lowest BCUT2D eigenvalue weighted by Gasteiger charge is -2.26. The smallest absolute Gasteiger partial charge is 0.159 e. The third-order valence-electron chi connectivity index (χ3n) is 3.06. The van der Waals surface area contributed by atoms with Crippen LogP contribution >= 0.6 is 0 Å². The first-order chi connectivity index (χ1) is 8.59. The van der Waals surface area contributed by atoms with E-state index < -0.39 is 0 Å². The average Bonchev–Trinajstić information content (AvgIpc) is 2.36. The van der Waals surface area contributed by atoms with Gasteiger partial charge in [-0.1, -0.05) is 24.3 Å². The number of rotatable bonds is 4. The number of fused-ring (bicyclic) bond motifs is 1. The van der Waals surface area contributed by atoms with Crippen LogP contribution in [0.3, 0.4) is 0 Å². The molecule has 0 saturated heterocycles. The number of hydrogen-bond donors (Lipinski definition) is 2. The summed E-state index contributed by atoms with van der Waals surface area (Å²) < 4.78 is 0. The topological polar surface area (TPSA) is 78.9 Å². The number of nitrogens with one attached hydrogen (secondary N) is 1. The SMILES string of the molecule is CC(CC(=N)N)N(C)c1nncc2ccccc12. The van der Waals surface area contributed by atoms with Gasteiger partial charge in [0, 0.05) is 30.3 Å². The van der Waals surface area contributed by atoms with Crippen molar-refractivity contribution in [2.75, 3.05) is 11.9 Å². The number of hydrogen-bond acceptors (Lipinski definition) is 4. The lowest BCUT2D eigenvalue weighted by atomic mass is 10.1. The van der Waals surface area contributed by atoms with E-state index >= 15 is 0 Å². The molecule has 1 unspecified atom stereocenters. The van der Waals surface area contributed by atoms with E-state index in [4.69, 9.17) is 11.1 Å². The van der Waals surface area contributed by atoms with Gasteiger partial charge in [0.15, 0.2) is 5.82 Å². The van der Waals surface area contributed by atoms with Crippen LogP contribution in [0, 0.1) is 5.41 Å². The summed E-state index contributed by atoms with van der Waals surface area (Å²) in [6.45, 7) is 2.02. The summed E-state index contributed by atoms with van der Waals surface area (Å²) in [5.41, 5.74) is 5.44. The Morgan fingerprint density at radius 3 is 2.89 bits per heavy atom. The first kappa shape index (κ1) is 12.3. The molecule has 0 bridgehead atoms. The van der Waals surface area contributed by atoms with Gasteiger partial charge in [0.1, 0.15) is 0 Å². The zero-order valence-corrected chi connectivity index (χ0v) is 10.6. The molecule has 5 nitrogen and oxygen atoms in total. The minimum absolute atomic E-state index is 0.114. The van der Waals surface area contributed by atoms with E-state index in [0.29, 0.717) is 6.42 Å². The first-order valence-electron chi connectivity index (χ1n) is 5.85. The Morgan fingerprint density at radius 2 is 2.17 bits per heavy atom. The minimum atomic E-state index is 0.114. The van der Waals surface area contributed by atoms with E-state index in [1.807, 2.05) is 43.1 Å². The highest BCUT2D eigenvalue weighted by molar-refractivity contribution is 5.91. The Balaban J connectivity index is 2.38. The van der Waals surface area contributed by atoms with Crippen LogP contribution in [0.1, 0.15) is 13.3 Å². The van der Waals surface area contributed by atoms with Crippen LogP contribution in [0.5, 0.6) is 0 Å². The Bertz CT molecular complexity index is 561. The van der Waals surface area contributed by atoms with Crippen LogP contribution < -0.4 is 10.6 Å². The molecule has 0 aliphatic carbocycles. The molecule has 3 N–H and O–H groups in total. The van der Waals surface area contributed by atoms with Gasteiger partial charge in [0.25, 0.3) is 0 Å². The molecule has 2 rings (SSSR count). The van der Waals surface area contributed by atoms with E-state index in [-0.39, 0.29) is 11.9 Å². The zero-order valence-electron chi connectivity index (χ0n) is 10.6. The Kier molecular flexibility index (Phi) is 3.41. The monoisotopic (exact) mass is 243 g/mol. The number of anilines is 1. The second kappa shape index (κ2) is 5.00. The number of nitrogens with zero attached hydrogens (tertiary/aromatic N) is 3. The number of benzene rings is 1. The molecule has 2 aromatic rings. The Morgan fingerprint density at radius 1 is 1.44 bits per heavy atom. The van der Waals surface area contributed by atoms with Gasteiger partial charge >= 0.3 is 0 Å². The molecule has 0 saturated carbocycles. The molecule has 1 atom stereocenters. The van der Waals surface area contributed by atoms with Gasteiger partial charge in [-0.05, 0) is 6.92 Å². The van der Waals surface area contributed by atoms with Crippen LogP contribution in [-0.2, 0) is 0 Å². The van der Waals surface area contributed by atoms with E-state index in [0.717, 1.165) is 16.6 Å². The maximum atomic E-state index is 7.36. The number of nitrogens with two attached hydrogens (primary N) is 1. The predicted octanol–water partition coefficient (Wildman–Crippen LogP) is 1.78. The molecule has 0 fully saturated rings. The maximum absolute atomic E-state index is 7.36. The number of aromatic nitrogens is 2. The van der Waals surface area contributed by atoms with Gasteiger partial charge in [-0.3, -0.25) is 5.41 Å². The van der Waals surface area contributed by atoms with Gasteiger partial charge in [-0.15, -0.1) is 5.10 Å². The van der Waals surface area contributed by atoms with Crippen LogP contribution in [-0.4, -0.2) is 29.1 Å². The molecule has 0 aliphatic rings. The molecule has 1 heterocycles. The predicted molar refractivity (Wildman–Crippen MR) is 73.9 cm³/mol. The summed E-state index contributed by atoms with van der Waals surface area (Å²) in [7, 11) is 1.95. The highest BCUT2D eigenvalue weighted by Gasteiger charge is 2.15.